The summed E-state index contributed by atoms with van der Waals surface area (Å²) < 4.78 is 3.27. The first kappa shape index (κ1) is 14.6. The van der Waals surface area contributed by atoms with Crippen molar-refractivity contribution in [2.75, 3.05) is 0 Å². The Morgan fingerprint density at radius 2 is 1.88 bits per heavy atom. The Hall–Kier alpha value is -0.510. The zero-order chi connectivity index (χ0) is 13.4. The minimum Gasteiger partial charge on any atom is -0.459 e. The lowest BCUT2D eigenvalue weighted by molar-refractivity contribution is -0.126. The molecular formula is C11H12Cl3NO2. The highest BCUT2D eigenvalue weighted by Gasteiger charge is 2.42. The van der Waals surface area contributed by atoms with Crippen molar-refractivity contribution >= 4 is 46.5 Å². The lowest BCUT2D eigenvalue weighted by Gasteiger charge is -2.33. The molecule has 0 aliphatic heterocycles. The quantitative estimate of drug-likeness (QED) is 0.457. The molecule has 6 heteroatoms. The summed E-state index contributed by atoms with van der Waals surface area (Å²) >= 11 is 16.6. The van der Waals surface area contributed by atoms with Crippen molar-refractivity contribution < 1.29 is 9.53 Å². The van der Waals surface area contributed by atoms with Crippen molar-refractivity contribution in [3.05, 3.63) is 23.3 Å². The van der Waals surface area contributed by atoms with Gasteiger partial charge in [0.2, 0.25) is 11.7 Å². The Bertz CT molecular complexity index is 434. The van der Waals surface area contributed by atoms with Crippen LogP contribution in [0.15, 0.2) is 23.3 Å². The average Bonchev–Trinajstić information content (AvgIpc) is 2.13. The largest absolute Gasteiger partial charge is 0.459 e. The van der Waals surface area contributed by atoms with Crippen LogP contribution in [0.3, 0.4) is 0 Å². The van der Waals surface area contributed by atoms with Gasteiger partial charge in [0.15, 0.2) is 5.60 Å². The van der Waals surface area contributed by atoms with Crippen molar-refractivity contribution in [2.45, 2.75) is 30.2 Å². The number of carbonyl (C=O) groups is 1. The van der Waals surface area contributed by atoms with Crippen molar-refractivity contribution in [3.63, 3.8) is 0 Å². The second kappa shape index (κ2) is 4.63. The van der Waals surface area contributed by atoms with Crippen LogP contribution in [0.2, 0.25) is 0 Å². The number of alkyl halides is 3. The molecule has 1 atom stereocenters. The topological polar surface area (TPSA) is 50.2 Å². The normalized spacial score (nSPS) is 25.2. The van der Waals surface area contributed by atoms with Gasteiger partial charge in [-0.25, -0.2) is 0 Å². The summed E-state index contributed by atoms with van der Waals surface area (Å²) in [7, 11) is 0. The Balaban J connectivity index is 3.02. The van der Waals surface area contributed by atoms with Crippen molar-refractivity contribution in [1.29, 1.82) is 5.41 Å². The third kappa shape index (κ3) is 3.03. The number of carbonyl (C=O) groups excluding carboxylic acids is 1. The fourth-order valence-electron chi connectivity index (χ4n) is 1.45. The number of halogens is 3. The lowest BCUT2D eigenvalue weighted by Crippen LogP contribution is -2.44. The molecule has 1 unspecified atom stereocenters. The van der Waals surface area contributed by atoms with Gasteiger partial charge in [-0.05, 0) is 38.0 Å². The molecule has 0 bridgehead atoms. The van der Waals surface area contributed by atoms with E-state index in [1.54, 1.807) is 26.8 Å². The van der Waals surface area contributed by atoms with E-state index in [0.29, 0.717) is 5.57 Å². The summed E-state index contributed by atoms with van der Waals surface area (Å²) in [4.78, 5) is 11.9. The summed E-state index contributed by atoms with van der Waals surface area (Å²) in [6.07, 6.45) is 3.24. The predicted octanol–water partition coefficient (Wildman–Crippen LogP) is 3.58. The molecule has 1 aliphatic rings. The van der Waals surface area contributed by atoms with Gasteiger partial charge in [-0.15, -0.1) is 0 Å². The average molecular weight is 297 g/mol. The summed E-state index contributed by atoms with van der Waals surface area (Å²) in [6.45, 7) is 5.09. The molecule has 0 fully saturated rings. The van der Waals surface area contributed by atoms with E-state index in [1.165, 1.54) is 6.08 Å². The molecule has 1 aliphatic carbocycles. The molecular weight excluding hydrogens is 284 g/mol. The van der Waals surface area contributed by atoms with E-state index in [2.05, 4.69) is 0 Å². The molecule has 0 aromatic heterocycles. The first-order valence-electron chi connectivity index (χ1n) is 4.83. The van der Waals surface area contributed by atoms with E-state index in [9.17, 15) is 4.79 Å². The van der Waals surface area contributed by atoms with E-state index in [4.69, 9.17) is 44.9 Å². The zero-order valence-electron chi connectivity index (χ0n) is 9.61. The van der Waals surface area contributed by atoms with E-state index < -0.39 is 15.3 Å². The molecule has 0 aromatic carbocycles. The number of hydrogen-bond donors (Lipinski definition) is 1. The standard InChI is InChI=1S/C11H12Cl3NO2/c1-6-4-7(2)10(3,8(16)5-6)17-9(15)11(12,13)14/h4-5,15H,1-3H3. The third-order valence-electron chi connectivity index (χ3n) is 2.59. The van der Waals surface area contributed by atoms with E-state index in [-0.39, 0.29) is 5.78 Å². The monoisotopic (exact) mass is 295 g/mol. The maximum Gasteiger partial charge on any atom is 0.265 e. The maximum absolute atomic E-state index is 11.9. The van der Waals surface area contributed by atoms with Gasteiger partial charge in [0.1, 0.15) is 0 Å². The molecule has 0 heterocycles. The Morgan fingerprint density at radius 3 is 2.29 bits per heavy atom. The van der Waals surface area contributed by atoms with Crippen LogP contribution in [-0.4, -0.2) is 21.1 Å². The Morgan fingerprint density at radius 1 is 1.35 bits per heavy atom. The van der Waals surface area contributed by atoms with Crippen LogP contribution in [-0.2, 0) is 9.53 Å². The number of ketones is 1. The SMILES string of the molecule is CC1=CC(=O)C(C)(OC(=N)C(Cl)(Cl)Cl)C(C)=C1. The number of nitrogens with one attached hydrogen (secondary N) is 1. The van der Waals surface area contributed by atoms with E-state index >= 15 is 0 Å². The van der Waals surface area contributed by atoms with E-state index in [0.717, 1.165) is 5.57 Å². The molecule has 0 saturated heterocycles. The van der Waals surface area contributed by atoms with E-state index in [1.807, 2.05) is 0 Å². The summed E-state index contributed by atoms with van der Waals surface area (Å²) in [6, 6.07) is 0. The lowest BCUT2D eigenvalue weighted by atomic mass is 9.85. The van der Waals surface area contributed by atoms with Gasteiger partial charge in [-0.2, -0.15) is 0 Å². The van der Waals surface area contributed by atoms with Crippen molar-refractivity contribution in [3.8, 4) is 0 Å². The Labute approximate surface area is 115 Å². The summed E-state index contributed by atoms with van der Waals surface area (Å²) in [5.41, 5.74) is 0.219. The molecule has 0 amide bonds. The van der Waals surface area contributed by atoms with Crippen LogP contribution in [0.1, 0.15) is 20.8 Å². The molecule has 0 radical (unpaired) electrons. The molecule has 0 spiro atoms. The molecule has 1 rings (SSSR count). The van der Waals surface area contributed by atoms with Crippen molar-refractivity contribution in [2.24, 2.45) is 0 Å². The number of hydrogen-bond acceptors (Lipinski definition) is 3. The van der Waals surface area contributed by atoms with Gasteiger partial charge < -0.3 is 4.74 Å². The molecule has 0 saturated carbocycles. The highest BCUT2D eigenvalue weighted by Crippen LogP contribution is 2.34. The fraction of sp³-hybridized carbons (Fsp3) is 0.455. The van der Waals surface area contributed by atoms with Gasteiger partial charge in [0.25, 0.3) is 3.79 Å². The minimum atomic E-state index is -1.97. The fourth-order valence-corrected chi connectivity index (χ4v) is 1.57. The molecule has 94 valence electrons. The summed E-state index contributed by atoms with van der Waals surface area (Å²) in [5, 5.41) is 7.51. The maximum atomic E-state index is 11.9. The minimum absolute atomic E-state index is 0.269. The van der Waals surface area contributed by atoms with Gasteiger partial charge in [-0.3, -0.25) is 10.2 Å². The van der Waals surface area contributed by atoms with Crippen LogP contribution in [0.25, 0.3) is 0 Å². The van der Waals surface area contributed by atoms with Gasteiger partial charge >= 0.3 is 0 Å². The molecule has 1 N–H and O–H groups in total. The first-order valence-corrected chi connectivity index (χ1v) is 5.97. The third-order valence-corrected chi connectivity index (χ3v) is 3.10. The second-order valence-corrected chi connectivity index (χ2v) is 6.32. The highest BCUT2D eigenvalue weighted by atomic mass is 35.6. The molecule has 17 heavy (non-hydrogen) atoms. The van der Waals surface area contributed by atoms with Crippen LogP contribution in [0.4, 0.5) is 0 Å². The predicted molar refractivity (Wildman–Crippen MR) is 70.0 cm³/mol. The molecule has 0 aromatic rings. The van der Waals surface area contributed by atoms with Gasteiger partial charge in [0, 0.05) is 0 Å². The summed E-state index contributed by atoms with van der Waals surface area (Å²) in [5.74, 6) is -0.840. The smallest absolute Gasteiger partial charge is 0.265 e. The highest BCUT2D eigenvalue weighted by molar-refractivity contribution is 6.76. The van der Waals surface area contributed by atoms with Crippen LogP contribution in [0, 0.1) is 5.41 Å². The first-order chi connectivity index (χ1) is 7.57. The van der Waals surface area contributed by atoms with Gasteiger partial charge in [-0.1, -0.05) is 40.9 Å². The number of ether oxygens (including phenoxy) is 1. The van der Waals surface area contributed by atoms with Gasteiger partial charge in [0.05, 0.1) is 0 Å². The van der Waals surface area contributed by atoms with Crippen LogP contribution in [0.5, 0.6) is 0 Å². The van der Waals surface area contributed by atoms with Crippen molar-refractivity contribution in [1.82, 2.24) is 0 Å². The molecule has 3 nitrogen and oxygen atoms in total. The van der Waals surface area contributed by atoms with Crippen LogP contribution < -0.4 is 0 Å². The van der Waals surface area contributed by atoms with Crippen LogP contribution >= 0.6 is 34.8 Å². The number of allylic oxidation sites excluding steroid dienone is 2. The number of rotatable bonds is 1. The zero-order valence-corrected chi connectivity index (χ0v) is 11.9. The second-order valence-electron chi connectivity index (χ2n) is 4.04. The Kier molecular flexibility index (Phi) is 3.97.